The van der Waals surface area contributed by atoms with E-state index in [4.69, 9.17) is 11.6 Å². The Balaban J connectivity index is 2.14. The summed E-state index contributed by atoms with van der Waals surface area (Å²) in [6.45, 7) is 4.42. The van der Waals surface area contributed by atoms with Crippen LogP contribution >= 0.6 is 11.6 Å². The maximum Gasteiger partial charge on any atom is 0.0410 e. The van der Waals surface area contributed by atoms with E-state index in [0.717, 1.165) is 11.6 Å². The van der Waals surface area contributed by atoms with Crippen molar-refractivity contribution in [3.8, 4) is 0 Å². The minimum atomic E-state index is 0.683. The maximum absolute atomic E-state index is 6.02. The van der Waals surface area contributed by atoms with Gasteiger partial charge in [0.05, 0.1) is 0 Å². The topological polar surface area (TPSA) is 15.3 Å². The molecule has 94 valence electrons. The van der Waals surface area contributed by atoms with Crippen LogP contribution in [0.5, 0.6) is 0 Å². The first-order chi connectivity index (χ1) is 8.22. The molecule has 1 fully saturated rings. The summed E-state index contributed by atoms with van der Waals surface area (Å²) >= 11 is 6.02. The highest BCUT2D eigenvalue weighted by atomic mass is 35.5. The van der Waals surface area contributed by atoms with Crippen LogP contribution in [0.1, 0.15) is 24.8 Å². The van der Waals surface area contributed by atoms with E-state index in [2.05, 4.69) is 29.3 Å². The Labute approximate surface area is 109 Å². The largest absolute Gasteiger partial charge is 0.368 e. The van der Waals surface area contributed by atoms with E-state index in [9.17, 15) is 0 Å². The van der Waals surface area contributed by atoms with Crippen LogP contribution in [0.4, 0.5) is 5.69 Å². The second-order valence-electron chi connectivity index (χ2n) is 4.81. The number of halogens is 1. The highest BCUT2D eigenvalue weighted by molar-refractivity contribution is 6.30. The molecule has 0 saturated carbocycles. The smallest absolute Gasteiger partial charge is 0.0410 e. The lowest BCUT2D eigenvalue weighted by Gasteiger charge is -2.28. The van der Waals surface area contributed by atoms with Gasteiger partial charge < -0.3 is 10.2 Å². The Kier molecular flexibility index (Phi) is 4.30. The quantitative estimate of drug-likeness (QED) is 0.885. The van der Waals surface area contributed by atoms with Crippen LogP contribution in [-0.2, 0) is 0 Å². The van der Waals surface area contributed by atoms with Gasteiger partial charge in [0.15, 0.2) is 0 Å². The second-order valence-corrected chi connectivity index (χ2v) is 5.25. The summed E-state index contributed by atoms with van der Waals surface area (Å²) < 4.78 is 0. The zero-order chi connectivity index (χ0) is 12.3. The van der Waals surface area contributed by atoms with Crippen molar-refractivity contribution in [1.82, 2.24) is 5.32 Å². The SMILES string of the molecule is CNCCC1CCCN1c1ccc(Cl)cc1C. The number of benzene rings is 1. The van der Waals surface area contributed by atoms with Gasteiger partial charge in [-0.15, -0.1) is 0 Å². The number of hydrogen-bond acceptors (Lipinski definition) is 2. The van der Waals surface area contributed by atoms with Gasteiger partial charge in [0, 0.05) is 23.3 Å². The summed E-state index contributed by atoms with van der Waals surface area (Å²) in [5.74, 6) is 0. The molecule has 0 aliphatic carbocycles. The minimum Gasteiger partial charge on any atom is -0.368 e. The third kappa shape index (κ3) is 2.93. The summed E-state index contributed by atoms with van der Waals surface area (Å²) in [6, 6.07) is 6.90. The van der Waals surface area contributed by atoms with Crippen LogP contribution in [-0.4, -0.2) is 26.2 Å². The first kappa shape index (κ1) is 12.7. The molecule has 0 radical (unpaired) electrons. The van der Waals surface area contributed by atoms with Crippen LogP contribution in [0.2, 0.25) is 5.02 Å². The van der Waals surface area contributed by atoms with E-state index in [1.807, 2.05) is 13.1 Å². The van der Waals surface area contributed by atoms with E-state index in [1.165, 1.54) is 37.1 Å². The highest BCUT2D eigenvalue weighted by Crippen LogP contribution is 2.31. The van der Waals surface area contributed by atoms with Crippen LogP contribution < -0.4 is 10.2 Å². The van der Waals surface area contributed by atoms with Gasteiger partial charge >= 0.3 is 0 Å². The van der Waals surface area contributed by atoms with Crippen molar-refractivity contribution in [2.75, 3.05) is 25.0 Å². The van der Waals surface area contributed by atoms with Crippen molar-refractivity contribution in [1.29, 1.82) is 0 Å². The number of aryl methyl sites for hydroxylation is 1. The lowest BCUT2D eigenvalue weighted by molar-refractivity contribution is 0.585. The van der Waals surface area contributed by atoms with Gasteiger partial charge in [0.2, 0.25) is 0 Å². The third-order valence-corrected chi connectivity index (χ3v) is 3.81. The van der Waals surface area contributed by atoms with Crippen molar-refractivity contribution in [2.24, 2.45) is 0 Å². The molecule has 1 heterocycles. The van der Waals surface area contributed by atoms with Gasteiger partial charge in [-0.2, -0.15) is 0 Å². The lowest BCUT2D eigenvalue weighted by atomic mass is 10.1. The average Bonchev–Trinajstić information content (AvgIpc) is 2.74. The molecule has 1 saturated heterocycles. The van der Waals surface area contributed by atoms with Crippen molar-refractivity contribution < 1.29 is 0 Å². The molecule has 3 heteroatoms. The Hall–Kier alpha value is -0.730. The predicted octanol–water partition coefficient (Wildman–Crippen LogP) is 3.23. The molecule has 1 atom stereocenters. The molecule has 0 spiro atoms. The molecule has 1 N–H and O–H groups in total. The van der Waals surface area contributed by atoms with Crippen LogP contribution in [0, 0.1) is 6.92 Å². The molecule has 0 bridgehead atoms. The summed E-state index contributed by atoms with van der Waals surface area (Å²) in [4.78, 5) is 2.54. The third-order valence-electron chi connectivity index (χ3n) is 3.57. The molecule has 0 amide bonds. The first-order valence-corrected chi connectivity index (χ1v) is 6.77. The molecular weight excluding hydrogens is 232 g/mol. The predicted molar refractivity (Wildman–Crippen MR) is 75.1 cm³/mol. The van der Waals surface area contributed by atoms with Crippen LogP contribution in [0.3, 0.4) is 0 Å². The van der Waals surface area contributed by atoms with E-state index in [0.29, 0.717) is 6.04 Å². The summed E-state index contributed by atoms with van der Waals surface area (Å²) in [5, 5.41) is 4.07. The Morgan fingerprint density at radius 1 is 1.47 bits per heavy atom. The van der Waals surface area contributed by atoms with Crippen molar-refractivity contribution >= 4 is 17.3 Å². The molecule has 2 rings (SSSR count). The standard InChI is InChI=1S/C14H21ClN2/c1-11-10-12(15)5-6-14(11)17-9-3-4-13(17)7-8-16-2/h5-6,10,13,16H,3-4,7-9H2,1-2H3. The first-order valence-electron chi connectivity index (χ1n) is 6.40. The summed E-state index contributed by atoms with van der Waals surface area (Å²) in [7, 11) is 2.02. The number of nitrogens with one attached hydrogen (secondary N) is 1. The van der Waals surface area contributed by atoms with Crippen LogP contribution in [0.25, 0.3) is 0 Å². The van der Waals surface area contributed by atoms with E-state index < -0.39 is 0 Å². The molecule has 0 aromatic heterocycles. The summed E-state index contributed by atoms with van der Waals surface area (Å²) in [6.07, 6.45) is 3.83. The van der Waals surface area contributed by atoms with Crippen molar-refractivity contribution in [3.63, 3.8) is 0 Å². The fraction of sp³-hybridized carbons (Fsp3) is 0.571. The fourth-order valence-electron chi connectivity index (χ4n) is 2.71. The molecule has 2 nitrogen and oxygen atoms in total. The van der Waals surface area contributed by atoms with Gasteiger partial charge in [-0.25, -0.2) is 0 Å². The fourth-order valence-corrected chi connectivity index (χ4v) is 2.93. The maximum atomic E-state index is 6.02. The Morgan fingerprint density at radius 2 is 2.29 bits per heavy atom. The van der Waals surface area contributed by atoms with Crippen LogP contribution in [0.15, 0.2) is 18.2 Å². The van der Waals surface area contributed by atoms with Gasteiger partial charge in [0.25, 0.3) is 0 Å². The van der Waals surface area contributed by atoms with E-state index in [1.54, 1.807) is 0 Å². The Bertz CT molecular complexity index is 378. The normalized spacial score (nSPS) is 19.9. The van der Waals surface area contributed by atoms with Gasteiger partial charge in [-0.05, 0) is 63.5 Å². The highest BCUT2D eigenvalue weighted by Gasteiger charge is 2.24. The van der Waals surface area contributed by atoms with E-state index >= 15 is 0 Å². The zero-order valence-corrected chi connectivity index (χ0v) is 11.4. The second kappa shape index (κ2) is 5.74. The lowest BCUT2D eigenvalue weighted by Crippen LogP contribution is -2.32. The number of nitrogens with zero attached hydrogens (tertiary/aromatic N) is 1. The molecule has 17 heavy (non-hydrogen) atoms. The number of anilines is 1. The molecule has 1 aliphatic heterocycles. The average molecular weight is 253 g/mol. The monoisotopic (exact) mass is 252 g/mol. The molecule has 1 aromatic rings. The molecule has 1 aromatic carbocycles. The molecular formula is C14H21ClN2. The Morgan fingerprint density at radius 3 is 3.00 bits per heavy atom. The van der Waals surface area contributed by atoms with E-state index in [-0.39, 0.29) is 0 Å². The van der Waals surface area contributed by atoms with Crippen molar-refractivity contribution in [3.05, 3.63) is 28.8 Å². The molecule has 1 unspecified atom stereocenters. The van der Waals surface area contributed by atoms with Gasteiger partial charge in [-0.1, -0.05) is 11.6 Å². The molecule has 1 aliphatic rings. The van der Waals surface area contributed by atoms with Gasteiger partial charge in [0.1, 0.15) is 0 Å². The van der Waals surface area contributed by atoms with Crippen molar-refractivity contribution in [2.45, 2.75) is 32.2 Å². The minimum absolute atomic E-state index is 0.683. The zero-order valence-electron chi connectivity index (χ0n) is 10.7. The van der Waals surface area contributed by atoms with Gasteiger partial charge in [-0.3, -0.25) is 0 Å². The summed E-state index contributed by atoms with van der Waals surface area (Å²) in [5.41, 5.74) is 2.64. The number of rotatable bonds is 4. The number of hydrogen-bond donors (Lipinski definition) is 1.